The van der Waals surface area contributed by atoms with Gasteiger partial charge in [0.1, 0.15) is 34.5 Å². The zero-order valence-electron chi connectivity index (χ0n) is 14.0. The van der Waals surface area contributed by atoms with Gasteiger partial charge in [-0.25, -0.2) is 9.07 Å². The molecule has 0 amide bonds. The molecular formula is C19H18FN3O2. The Morgan fingerprint density at radius 2 is 1.76 bits per heavy atom. The molecule has 1 aliphatic heterocycles. The average molecular weight is 339 g/mol. The van der Waals surface area contributed by atoms with Crippen molar-refractivity contribution in [3.63, 3.8) is 0 Å². The van der Waals surface area contributed by atoms with Gasteiger partial charge in [0, 0.05) is 12.1 Å². The largest absolute Gasteiger partial charge is 0.496 e. The van der Waals surface area contributed by atoms with Crippen molar-refractivity contribution < 1.29 is 13.9 Å². The van der Waals surface area contributed by atoms with Crippen molar-refractivity contribution in [2.45, 2.75) is 6.42 Å². The molecule has 25 heavy (non-hydrogen) atoms. The van der Waals surface area contributed by atoms with Crippen LogP contribution in [0.2, 0.25) is 0 Å². The fraction of sp³-hybridized carbons (Fsp3) is 0.211. The molecule has 0 saturated carbocycles. The SMILES string of the molecule is COc1cccc(OC)c1-c1nn(-c2ccccc2F)c2c1CCN2. The van der Waals surface area contributed by atoms with Crippen LogP contribution in [-0.2, 0) is 6.42 Å². The number of fused-ring (bicyclic) bond motifs is 1. The molecule has 6 heteroatoms. The number of halogens is 1. The Hall–Kier alpha value is -3.02. The van der Waals surface area contributed by atoms with Gasteiger partial charge < -0.3 is 14.8 Å². The number of anilines is 1. The molecule has 5 nitrogen and oxygen atoms in total. The quantitative estimate of drug-likeness (QED) is 0.788. The number of hydrogen-bond acceptors (Lipinski definition) is 4. The molecule has 0 saturated heterocycles. The first kappa shape index (κ1) is 15.5. The molecule has 4 rings (SSSR count). The van der Waals surface area contributed by atoms with Gasteiger partial charge in [0.15, 0.2) is 0 Å². The first-order chi connectivity index (χ1) is 12.2. The minimum atomic E-state index is -0.319. The van der Waals surface area contributed by atoms with Crippen molar-refractivity contribution in [1.82, 2.24) is 9.78 Å². The van der Waals surface area contributed by atoms with E-state index in [0.717, 1.165) is 35.6 Å². The smallest absolute Gasteiger partial charge is 0.148 e. The van der Waals surface area contributed by atoms with Gasteiger partial charge >= 0.3 is 0 Å². The Morgan fingerprint density at radius 1 is 1.04 bits per heavy atom. The highest BCUT2D eigenvalue weighted by Crippen LogP contribution is 2.43. The molecule has 0 bridgehead atoms. The fourth-order valence-corrected chi connectivity index (χ4v) is 3.26. The molecule has 1 aliphatic rings. The van der Waals surface area contributed by atoms with Gasteiger partial charge in [-0.2, -0.15) is 5.10 Å². The van der Waals surface area contributed by atoms with Gasteiger partial charge in [-0.3, -0.25) is 0 Å². The monoisotopic (exact) mass is 339 g/mol. The second-order valence-electron chi connectivity index (χ2n) is 5.75. The Labute approximate surface area is 145 Å². The summed E-state index contributed by atoms with van der Waals surface area (Å²) >= 11 is 0. The van der Waals surface area contributed by atoms with Crippen molar-refractivity contribution in [3.8, 4) is 28.4 Å². The number of para-hydroxylation sites is 1. The Kier molecular flexibility index (Phi) is 3.80. The van der Waals surface area contributed by atoms with Crippen molar-refractivity contribution in [2.75, 3.05) is 26.1 Å². The molecule has 0 fully saturated rings. The number of rotatable bonds is 4. The second kappa shape index (κ2) is 6.12. The summed E-state index contributed by atoms with van der Waals surface area (Å²) in [7, 11) is 3.23. The lowest BCUT2D eigenvalue weighted by molar-refractivity contribution is 0.397. The maximum Gasteiger partial charge on any atom is 0.148 e. The zero-order chi connectivity index (χ0) is 17.4. The normalized spacial score (nSPS) is 12.6. The lowest BCUT2D eigenvalue weighted by Crippen LogP contribution is -2.06. The third-order valence-electron chi connectivity index (χ3n) is 4.40. The van der Waals surface area contributed by atoms with Crippen LogP contribution in [0.4, 0.5) is 10.2 Å². The van der Waals surface area contributed by atoms with E-state index in [4.69, 9.17) is 14.6 Å². The molecule has 1 N–H and O–H groups in total. The van der Waals surface area contributed by atoms with Gasteiger partial charge in [0.2, 0.25) is 0 Å². The first-order valence-electron chi connectivity index (χ1n) is 8.06. The number of methoxy groups -OCH3 is 2. The summed E-state index contributed by atoms with van der Waals surface area (Å²) in [5.41, 5.74) is 2.97. The molecule has 0 aliphatic carbocycles. The van der Waals surface area contributed by atoms with E-state index < -0.39 is 0 Å². The van der Waals surface area contributed by atoms with Crippen LogP contribution in [0, 0.1) is 5.82 Å². The highest BCUT2D eigenvalue weighted by molar-refractivity contribution is 5.81. The molecule has 1 aromatic heterocycles. The molecule has 0 radical (unpaired) electrons. The van der Waals surface area contributed by atoms with Gasteiger partial charge in [-0.15, -0.1) is 0 Å². The predicted octanol–water partition coefficient (Wildman–Crippen LogP) is 3.66. The third kappa shape index (κ3) is 2.41. The summed E-state index contributed by atoms with van der Waals surface area (Å²) in [6, 6.07) is 12.2. The average Bonchev–Trinajstić information content (AvgIpc) is 3.24. The van der Waals surface area contributed by atoms with Gasteiger partial charge in [0.25, 0.3) is 0 Å². The van der Waals surface area contributed by atoms with Crippen LogP contribution in [0.5, 0.6) is 11.5 Å². The number of hydrogen-bond donors (Lipinski definition) is 1. The summed E-state index contributed by atoms with van der Waals surface area (Å²) < 4.78 is 27.0. The van der Waals surface area contributed by atoms with E-state index in [1.807, 2.05) is 18.2 Å². The van der Waals surface area contributed by atoms with E-state index >= 15 is 0 Å². The topological polar surface area (TPSA) is 48.3 Å². The van der Waals surface area contributed by atoms with E-state index in [1.165, 1.54) is 6.07 Å². The standard InChI is InChI=1S/C19H18FN3O2/c1-24-15-8-5-9-16(25-2)17(15)18-12-10-11-21-19(12)23(22-18)14-7-4-3-6-13(14)20/h3-9,21H,10-11H2,1-2H3. The van der Waals surface area contributed by atoms with Crippen molar-refractivity contribution >= 4 is 5.82 Å². The van der Waals surface area contributed by atoms with Crippen LogP contribution in [0.3, 0.4) is 0 Å². The Balaban J connectivity index is 1.98. The number of nitrogens with zero attached hydrogens (tertiary/aromatic N) is 2. The molecule has 2 heterocycles. The molecule has 0 spiro atoms. The molecule has 128 valence electrons. The van der Waals surface area contributed by atoms with Gasteiger partial charge in [-0.05, 0) is 30.7 Å². The van der Waals surface area contributed by atoms with E-state index in [9.17, 15) is 4.39 Å². The predicted molar refractivity (Wildman–Crippen MR) is 94.3 cm³/mol. The summed E-state index contributed by atoms with van der Waals surface area (Å²) in [6.07, 6.45) is 0.806. The Bertz CT molecular complexity index is 914. The number of nitrogens with one attached hydrogen (secondary N) is 1. The summed E-state index contributed by atoms with van der Waals surface area (Å²) in [4.78, 5) is 0. The maximum atomic E-state index is 14.3. The third-order valence-corrected chi connectivity index (χ3v) is 4.40. The lowest BCUT2D eigenvalue weighted by Gasteiger charge is -2.12. The van der Waals surface area contributed by atoms with Crippen LogP contribution < -0.4 is 14.8 Å². The minimum Gasteiger partial charge on any atom is -0.496 e. The summed E-state index contributed by atoms with van der Waals surface area (Å²) in [5, 5.41) is 8.02. The molecule has 2 aromatic carbocycles. The van der Waals surface area contributed by atoms with Crippen molar-refractivity contribution in [3.05, 3.63) is 53.8 Å². The molecule has 0 atom stereocenters. The lowest BCUT2D eigenvalue weighted by atomic mass is 10.0. The fourth-order valence-electron chi connectivity index (χ4n) is 3.26. The van der Waals surface area contributed by atoms with E-state index in [2.05, 4.69) is 5.32 Å². The Morgan fingerprint density at radius 3 is 2.44 bits per heavy atom. The van der Waals surface area contributed by atoms with Crippen LogP contribution in [0.1, 0.15) is 5.56 Å². The van der Waals surface area contributed by atoms with E-state index in [-0.39, 0.29) is 5.82 Å². The number of benzene rings is 2. The van der Waals surface area contributed by atoms with Gasteiger partial charge in [-0.1, -0.05) is 18.2 Å². The molecule has 0 unspecified atom stereocenters. The summed E-state index contributed by atoms with van der Waals surface area (Å²) in [6.45, 7) is 0.784. The van der Waals surface area contributed by atoms with Gasteiger partial charge in [0.05, 0.1) is 19.8 Å². The highest BCUT2D eigenvalue weighted by Gasteiger charge is 2.28. The zero-order valence-corrected chi connectivity index (χ0v) is 14.0. The second-order valence-corrected chi connectivity index (χ2v) is 5.75. The van der Waals surface area contributed by atoms with E-state index in [1.54, 1.807) is 37.1 Å². The minimum absolute atomic E-state index is 0.319. The van der Waals surface area contributed by atoms with E-state index in [0.29, 0.717) is 17.2 Å². The van der Waals surface area contributed by atoms with Crippen molar-refractivity contribution in [1.29, 1.82) is 0 Å². The van der Waals surface area contributed by atoms with Crippen LogP contribution >= 0.6 is 0 Å². The number of aromatic nitrogens is 2. The molecular weight excluding hydrogens is 321 g/mol. The summed E-state index contributed by atoms with van der Waals surface area (Å²) in [5.74, 6) is 1.84. The van der Waals surface area contributed by atoms with Crippen LogP contribution in [0.25, 0.3) is 16.9 Å². The highest BCUT2D eigenvalue weighted by atomic mass is 19.1. The first-order valence-corrected chi connectivity index (χ1v) is 8.06. The van der Waals surface area contributed by atoms with Crippen LogP contribution in [0.15, 0.2) is 42.5 Å². The van der Waals surface area contributed by atoms with Crippen molar-refractivity contribution in [2.24, 2.45) is 0 Å². The maximum absolute atomic E-state index is 14.3. The van der Waals surface area contributed by atoms with Crippen LogP contribution in [-0.4, -0.2) is 30.5 Å². The molecule has 3 aromatic rings. The number of ether oxygens (including phenoxy) is 2.